The molecule has 26 heavy (non-hydrogen) atoms. The first-order chi connectivity index (χ1) is 12.5. The number of H-pyrrole nitrogens is 2. The van der Waals surface area contributed by atoms with Gasteiger partial charge in [-0.3, -0.25) is 19.4 Å². The Bertz CT molecular complexity index is 912. The van der Waals surface area contributed by atoms with E-state index in [9.17, 15) is 19.2 Å². The van der Waals surface area contributed by atoms with Gasteiger partial charge in [0.1, 0.15) is 6.26 Å². The second kappa shape index (κ2) is 7.42. The van der Waals surface area contributed by atoms with Crippen molar-refractivity contribution < 1.29 is 14.0 Å². The molecule has 2 aromatic heterocycles. The van der Waals surface area contributed by atoms with Crippen molar-refractivity contribution in [3.8, 4) is 0 Å². The second-order valence-electron chi connectivity index (χ2n) is 6.23. The zero-order valence-electron chi connectivity index (χ0n) is 14.4. The molecule has 1 aliphatic heterocycles. The van der Waals surface area contributed by atoms with Crippen LogP contribution in [0.3, 0.4) is 0 Å². The fourth-order valence-electron chi connectivity index (χ4n) is 3.04. The minimum atomic E-state index is -0.591. The average molecular weight is 360 g/mol. The van der Waals surface area contributed by atoms with Gasteiger partial charge in [-0.2, -0.15) is 0 Å². The molecule has 1 aliphatic rings. The number of hydrogen-bond donors (Lipinski definition) is 2. The van der Waals surface area contributed by atoms with Crippen molar-refractivity contribution >= 4 is 11.8 Å². The lowest BCUT2D eigenvalue weighted by molar-refractivity contribution is -0.130. The molecule has 2 amide bonds. The van der Waals surface area contributed by atoms with Gasteiger partial charge in [0.15, 0.2) is 0 Å². The predicted molar refractivity (Wildman–Crippen MR) is 91.9 cm³/mol. The average Bonchev–Trinajstić information content (AvgIpc) is 3.01. The van der Waals surface area contributed by atoms with Gasteiger partial charge in [0.25, 0.3) is 11.5 Å². The first-order valence-corrected chi connectivity index (χ1v) is 8.37. The largest absolute Gasteiger partial charge is 0.472 e. The van der Waals surface area contributed by atoms with Crippen LogP contribution in [0.5, 0.6) is 0 Å². The maximum absolute atomic E-state index is 12.6. The molecule has 2 aromatic rings. The number of nitrogens with zero attached hydrogens (tertiary/aromatic N) is 2. The molecule has 0 atom stereocenters. The number of aromatic amines is 2. The van der Waals surface area contributed by atoms with E-state index >= 15 is 0 Å². The van der Waals surface area contributed by atoms with Crippen LogP contribution in [0.2, 0.25) is 0 Å². The van der Waals surface area contributed by atoms with Crippen molar-refractivity contribution in [1.29, 1.82) is 0 Å². The smallest absolute Gasteiger partial charge is 0.325 e. The third-order valence-corrected chi connectivity index (χ3v) is 4.49. The number of aryl methyl sites for hydroxylation is 1. The van der Waals surface area contributed by atoms with Gasteiger partial charge in [0.05, 0.1) is 18.2 Å². The number of amides is 2. The van der Waals surface area contributed by atoms with Gasteiger partial charge in [0, 0.05) is 37.4 Å². The highest BCUT2D eigenvalue weighted by atomic mass is 16.3. The van der Waals surface area contributed by atoms with Crippen LogP contribution >= 0.6 is 0 Å². The predicted octanol–water partition coefficient (Wildman–Crippen LogP) is -0.118. The Hall–Kier alpha value is -3.10. The molecule has 0 radical (unpaired) electrons. The number of furan rings is 1. The molecule has 0 aromatic carbocycles. The third-order valence-electron chi connectivity index (χ3n) is 4.49. The Morgan fingerprint density at radius 3 is 2.54 bits per heavy atom. The van der Waals surface area contributed by atoms with Crippen LogP contribution in [0.1, 0.15) is 28.0 Å². The summed E-state index contributed by atoms with van der Waals surface area (Å²) in [6.07, 6.45) is 3.41. The molecule has 9 heteroatoms. The first-order valence-electron chi connectivity index (χ1n) is 8.37. The summed E-state index contributed by atoms with van der Waals surface area (Å²) in [6, 6.07) is 1.61. The molecule has 3 heterocycles. The lowest BCUT2D eigenvalue weighted by Gasteiger charge is -2.22. The van der Waals surface area contributed by atoms with Crippen molar-refractivity contribution in [2.24, 2.45) is 0 Å². The fraction of sp³-hybridized carbons (Fsp3) is 0.412. The summed E-state index contributed by atoms with van der Waals surface area (Å²) in [6.45, 7) is 3.45. The third kappa shape index (κ3) is 3.76. The molecule has 0 bridgehead atoms. The highest BCUT2D eigenvalue weighted by molar-refractivity contribution is 5.93. The molecular formula is C17H20N4O5. The fourth-order valence-corrected chi connectivity index (χ4v) is 3.04. The van der Waals surface area contributed by atoms with Gasteiger partial charge in [-0.25, -0.2) is 4.79 Å². The molecule has 3 rings (SSSR count). The normalized spacial score (nSPS) is 15.0. The van der Waals surface area contributed by atoms with Gasteiger partial charge in [0.2, 0.25) is 5.91 Å². The van der Waals surface area contributed by atoms with E-state index in [2.05, 4.69) is 9.97 Å². The van der Waals surface area contributed by atoms with Crippen LogP contribution in [-0.2, 0) is 11.2 Å². The summed E-state index contributed by atoms with van der Waals surface area (Å²) in [5.41, 5.74) is -0.0120. The van der Waals surface area contributed by atoms with Crippen molar-refractivity contribution in [3.05, 3.63) is 56.3 Å². The minimum Gasteiger partial charge on any atom is -0.472 e. The van der Waals surface area contributed by atoms with Crippen LogP contribution < -0.4 is 11.2 Å². The standard InChI is InChI=1S/C17H20N4O5/c1-11-13(15(23)19-17(25)18-11)9-14(22)20-4-2-5-21(7-6-20)16(24)12-3-8-26-10-12/h3,8,10H,2,4-7,9H2,1H3,(H2,18,19,23,25). The van der Waals surface area contributed by atoms with Gasteiger partial charge in [-0.1, -0.05) is 0 Å². The van der Waals surface area contributed by atoms with Crippen molar-refractivity contribution in [2.75, 3.05) is 26.2 Å². The van der Waals surface area contributed by atoms with E-state index < -0.39 is 11.2 Å². The van der Waals surface area contributed by atoms with E-state index in [1.165, 1.54) is 12.5 Å². The topological polar surface area (TPSA) is 119 Å². The number of rotatable bonds is 3. The quantitative estimate of drug-likeness (QED) is 0.791. The number of aromatic nitrogens is 2. The Labute approximate surface area is 148 Å². The lowest BCUT2D eigenvalue weighted by atomic mass is 10.1. The van der Waals surface area contributed by atoms with Crippen molar-refractivity contribution in [3.63, 3.8) is 0 Å². The summed E-state index contributed by atoms with van der Waals surface area (Å²) < 4.78 is 4.94. The van der Waals surface area contributed by atoms with Crippen LogP contribution in [-0.4, -0.2) is 57.8 Å². The number of nitrogens with one attached hydrogen (secondary N) is 2. The van der Waals surface area contributed by atoms with E-state index in [1.807, 2.05) is 0 Å². The van der Waals surface area contributed by atoms with Gasteiger partial charge in [-0.15, -0.1) is 0 Å². The Morgan fingerprint density at radius 1 is 1.12 bits per heavy atom. The maximum Gasteiger partial charge on any atom is 0.325 e. The molecule has 138 valence electrons. The summed E-state index contributed by atoms with van der Waals surface area (Å²) >= 11 is 0. The van der Waals surface area contributed by atoms with Crippen LogP contribution in [0.25, 0.3) is 0 Å². The monoisotopic (exact) mass is 360 g/mol. The van der Waals surface area contributed by atoms with E-state index in [0.717, 1.165) is 0 Å². The van der Waals surface area contributed by atoms with E-state index in [4.69, 9.17) is 4.42 Å². The SMILES string of the molecule is Cc1[nH]c(=O)[nH]c(=O)c1CC(=O)N1CCCN(C(=O)c2ccoc2)CC1. The molecular weight excluding hydrogens is 340 g/mol. The highest BCUT2D eigenvalue weighted by Gasteiger charge is 2.24. The van der Waals surface area contributed by atoms with Gasteiger partial charge < -0.3 is 19.2 Å². The van der Waals surface area contributed by atoms with E-state index in [-0.39, 0.29) is 23.8 Å². The van der Waals surface area contributed by atoms with Crippen molar-refractivity contribution in [2.45, 2.75) is 19.8 Å². The number of carbonyl (C=O) groups excluding carboxylic acids is 2. The van der Waals surface area contributed by atoms with Crippen molar-refractivity contribution in [1.82, 2.24) is 19.8 Å². The molecule has 1 fully saturated rings. The number of carbonyl (C=O) groups is 2. The maximum atomic E-state index is 12.6. The molecule has 9 nitrogen and oxygen atoms in total. The molecule has 0 aliphatic carbocycles. The Balaban J connectivity index is 1.66. The van der Waals surface area contributed by atoms with Crippen LogP contribution in [0, 0.1) is 6.92 Å². The second-order valence-corrected chi connectivity index (χ2v) is 6.23. The lowest BCUT2D eigenvalue weighted by Crippen LogP contribution is -2.39. The molecule has 0 saturated carbocycles. The first kappa shape index (κ1) is 17.7. The summed E-state index contributed by atoms with van der Waals surface area (Å²) in [5.74, 6) is -0.329. The molecule has 2 N–H and O–H groups in total. The summed E-state index contributed by atoms with van der Waals surface area (Å²) in [7, 11) is 0. The summed E-state index contributed by atoms with van der Waals surface area (Å²) in [4.78, 5) is 56.1. The van der Waals surface area contributed by atoms with E-state index in [1.54, 1.807) is 22.8 Å². The van der Waals surface area contributed by atoms with Gasteiger partial charge in [-0.05, 0) is 19.4 Å². The van der Waals surface area contributed by atoms with Gasteiger partial charge >= 0.3 is 5.69 Å². The molecule has 0 spiro atoms. The minimum absolute atomic E-state index is 0.0897. The molecule has 0 unspecified atom stereocenters. The highest BCUT2D eigenvalue weighted by Crippen LogP contribution is 2.11. The Morgan fingerprint density at radius 2 is 1.85 bits per heavy atom. The molecule has 1 saturated heterocycles. The van der Waals surface area contributed by atoms with Crippen LogP contribution in [0.4, 0.5) is 0 Å². The zero-order chi connectivity index (χ0) is 18.7. The van der Waals surface area contributed by atoms with E-state index in [0.29, 0.717) is 43.9 Å². The summed E-state index contributed by atoms with van der Waals surface area (Å²) in [5, 5.41) is 0. The number of hydrogen-bond acceptors (Lipinski definition) is 5. The zero-order valence-corrected chi connectivity index (χ0v) is 14.4. The van der Waals surface area contributed by atoms with Crippen LogP contribution in [0.15, 0.2) is 32.6 Å². The Kier molecular flexibility index (Phi) is 5.06.